The first kappa shape index (κ1) is 23.1. The molecule has 1 aliphatic rings. The van der Waals surface area contributed by atoms with E-state index >= 15 is 0 Å². The summed E-state index contributed by atoms with van der Waals surface area (Å²) in [6, 6.07) is 10.8. The Kier molecular flexibility index (Phi) is 8.29. The van der Waals surface area contributed by atoms with Crippen molar-refractivity contribution in [2.75, 3.05) is 19.8 Å². The van der Waals surface area contributed by atoms with E-state index in [1.54, 1.807) is 12.4 Å². The van der Waals surface area contributed by atoms with Gasteiger partial charge in [-0.1, -0.05) is 12.1 Å². The molecule has 3 heterocycles. The van der Waals surface area contributed by atoms with E-state index in [1.165, 1.54) is 11.2 Å². The second-order valence-corrected chi connectivity index (χ2v) is 7.54. The Balaban J connectivity index is 1.68. The lowest BCUT2D eigenvalue weighted by atomic mass is 9.98. The molecule has 0 bridgehead atoms. The maximum Gasteiger partial charge on any atom is 0.110 e. The van der Waals surface area contributed by atoms with Crippen LogP contribution in [0.4, 0.5) is 0 Å². The number of aliphatic hydroxyl groups excluding tert-OH is 3. The zero-order chi connectivity index (χ0) is 22.2. The lowest BCUT2D eigenvalue weighted by Crippen LogP contribution is -2.60. The molecule has 2 aromatic rings. The van der Waals surface area contributed by atoms with Gasteiger partial charge in [-0.3, -0.25) is 14.9 Å². The highest BCUT2D eigenvalue weighted by Crippen LogP contribution is 2.19. The first-order valence-corrected chi connectivity index (χ1v) is 10.1. The lowest BCUT2D eigenvalue weighted by molar-refractivity contribution is -0.176. The molecule has 1 saturated heterocycles. The molecule has 3 rings (SSSR count). The number of rotatable bonds is 9. The number of aliphatic hydroxyl groups is 3. The third-order valence-electron chi connectivity index (χ3n) is 5.11. The molecule has 31 heavy (non-hydrogen) atoms. The van der Waals surface area contributed by atoms with Crippen LogP contribution in [0, 0.1) is 0 Å². The fourth-order valence-corrected chi connectivity index (χ4v) is 3.49. The summed E-state index contributed by atoms with van der Waals surface area (Å²) in [7, 11) is 0. The average molecular weight is 431 g/mol. The van der Waals surface area contributed by atoms with Crippen LogP contribution < -0.4 is 11.6 Å². The minimum atomic E-state index is -1.24. The predicted octanol–water partition coefficient (Wildman–Crippen LogP) is -1.06. The van der Waals surface area contributed by atoms with Gasteiger partial charge in [0, 0.05) is 43.9 Å². The molecule has 0 saturated carbocycles. The van der Waals surface area contributed by atoms with Crippen molar-refractivity contribution in [2.24, 2.45) is 11.6 Å². The van der Waals surface area contributed by atoms with Crippen molar-refractivity contribution >= 4 is 0 Å². The monoisotopic (exact) mass is 430 g/mol. The topological polar surface area (TPSA) is 154 Å². The van der Waals surface area contributed by atoms with Gasteiger partial charge in [-0.05, 0) is 24.3 Å². The summed E-state index contributed by atoms with van der Waals surface area (Å²) >= 11 is 0. The number of hydrogen-bond donors (Lipinski definition) is 5. The number of ether oxygens (including phenoxy) is 1. The van der Waals surface area contributed by atoms with Gasteiger partial charge in [-0.15, -0.1) is 0 Å². The van der Waals surface area contributed by atoms with E-state index in [0.29, 0.717) is 25.3 Å². The van der Waals surface area contributed by atoms with E-state index in [2.05, 4.69) is 14.9 Å². The van der Waals surface area contributed by atoms with Gasteiger partial charge in [0.1, 0.15) is 18.3 Å². The van der Waals surface area contributed by atoms with Crippen LogP contribution in [-0.2, 0) is 17.8 Å². The largest absolute Gasteiger partial charge is 0.400 e. The number of aromatic nitrogens is 2. The Bertz CT molecular complexity index is 784. The molecule has 0 aromatic carbocycles. The summed E-state index contributed by atoms with van der Waals surface area (Å²) in [5.74, 6) is 6.09. The zero-order valence-corrected chi connectivity index (χ0v) is 17.2. The van der Waals surface area contributed by atoms with E-state index in [9.17, 15) is 15.3 Å². The smallest absolute Gasteiger partial charge is 0.110 e. The van der Waals surface area contributed by atoms with Crippen molar-refractivity contribution in [1.29, 1.82) is 0 Å². The summed E-state index contributed by atoms with van der Waals surface area (Å²) in [5.41, 5.74) is 8.50. The van der Waals surface area contributed by atoms with Crippen LogP contribution in [0.15, 0.2) is 60.7 Å². The van der Waals surface area contributed by atoms with E-state index in [-0.39, 0.29) is 13.2 Å². The molecule has 7 N–H and O–H groups in total. The maximum absolute atomic E-state index is 10.3. The standard InChI is InChI=1S/C21H30N6O4/c22-15(10-27(23)18-14-31-19(13-28)21(30)20(18)29)9-26(11-16-5-1-3-7-24-16)12-17-6-2-4-8-25-17/h1-8,10,18-21,28-30H,9,11-14,22-23H2/b15-10-/t18?,19-,20-,21-/m1/s1. The molecule has 10 heteroatoms. The molecule has 0 radical (unpaired) electrons. The molecule has 1 unspecified atom stereocenters. The number of hydrazine groups is 1. The number of hydrogen-bond acceptors (Lipinski definition) is 10. The van der Waals surface area contributed by atoms with Gasteiger partial charge in [-0.2, -0.15) is 0 Å². The summed E-state index contributed by atoms with van der Waals surface area (Å²) < 4.78 is 5.39. The number of nitrogens with two attached hydrogens (primary N) is 2. The highest BCUT2D eigenvalue weighted by Gasteiger charge is 2.39. The average Bonchev–Trinajstić information content (AvgIpc) is 2.76. The van der Waals surface area contributed by atoms with E-state index in [0.717, 1.165) is 11.4 Å². The van der Waals surface area contributed by atoms with Crippen molar-refractivity contribution in [3.8, 4) is 0 Å². The Hall–Kier alpha value is -2.60. The van der Waals surface area contributed by atoms with E-state index in [4.69, 9.17) is 16.3 Å². The third kappa shape index (κ3) is 6.44. The SMILES string of the molecule is N/C(=C\N(N)C1CO[C@H](CO)[C@@H](O)[C@@H]1O)CN(Cc1ccccn1)Cc1ccccn1. The Labute approximate surface area is 181 Å². The molecule has 4 atom stereocenters. The molecule has 0 aliphatic carbocycles. The van der Waals surface area contributed by atoms with Crippen molar-refractivity contribution in [2.45, 2.75) is 37.4 Å². The Morgan fingerprint density at radius 2 is 1.68 bits per heavy atom. The maximum atomic E-state index is 10.3. The van der Waals surface area contributed by atoms with Gasteiger partial charge in [0.15, 0.2) is 0 Å². The number of nitrogens with zero attached hydrogens (tertiary/aromatic N) is 4. The van der Waals surface area contributed by atoms with Crippen molar-refractivity contribution in [1.82, 2.24) is 19.9 Å². The van der Waals surface area contributed by atoms with Crippen LogP contribution in [0.5, 0.6) is 0 Å². The van der Waals surface area contributed by atoms with Crippen LogP contribution in [-0.4, -0.2) is 79.3 Å². The van der Waals surface area contributed by atoms with Gasteiger partial charge in [0.25, 0.3) is 0 Å². The van der Waals surface area contributed by atoms with Gasteiger partial charge in [0.05, 0.1) is 30.6 Å². The van der Waals surface area contributed by atoms with Crippen molar-refractivity contribution < 1.29 is 20.1 Å². The molecule has 0 spiro atoms. The third-order valence-corrected chi connectivity index (χ3v) is 5.11. The summed E-state index contributed by atoms with van der Waals surface area (Å²) in [6.07, 6.45) is 1.74. The Morgan fingerprint density at radius 1 is 1.06 bits per heavy atom. The summed E-state index contributed by atoms with van der Waals surface area (Å²) in [5, 5.41) is 30.9. The molecule has 1 fully saturated rings. The summed E-state index contributed by atoms with van der Waals surface area (Å²) in [4.78, 5) is 10.8. The molecule has 2 aromatic heterocycles. The molecular formula is C21H30N6O4. The second-order valence-electron chi connectivity index (χ2n) is 7.54. The first-order valence-electron chi connectivity index (χ1n) is 10.1. The van der Waals surface area contributed by atoms with Gasteiger partial charge in [-0.25, -0.2) is 5.84 Å². The van der Waals surface area contributed by atoms with Gasteiger partial charge >= 0.3 is 0 Å². The molecule has 10 nitrogen and oxygen atoms in total. The molecule has 0 amide bonds. The second kappa shape index (κ2) is 11.1. The van der Waals surface area contributed by atoms with Crippen LogP contribution in [0.3, 0.4) is 0 Å². The highest BCUT2D eigenvalue weighted by atomic mass is 16.5. The Morgan fingerprint density at radius 3 is 2.19 bits per heavy atom. The molecule has 1 aliphatic heterocycles. The van der Waals surface area contributed by atoms with Crippen molar-refractivity contribution in [3.63, 3.8) is 0 Å². The van der Waals surface area contributed by atoms with E-state index < -0.39 is 24.4 Å². The van der Waals surface area contributed by atoms with Crippen LogP contribution in [0.2, 0.25) is 0 Å². The fraction of sp³-hybridized carbons (Fsp3) is 0.429. The quantitative estimate of drug-likeness (QED) is 0.245. The fourth-order valence-electron chi connectivity index (χ4n) is 3.49. The zero-order valence-electron chi connectivity index (χ0n) is 17.2. The molecular weight excluding hydrogens is 400 g/mol. The number of pyridine rings is 2. The normalized spacial score (nSPS) is 24.4. The van der Waals surface area contributed by atoms with Gasteiger partial charge < -0.3 is 30.8 Å². The van der Waals surface area contributed by atoms with Crippen LogP contribution in [0.25, 0.3) is 0 Å². The van der Waals surface area contributed by atoms with Crippen LogP contribution in [0.1, 0.15) is 11.4 Å². The lowest BCUT2D eigenvalue weighted by Gasteiger charge is -2.40. The van der Waals surface area contributed by atoms with Crippen molar-refractivity contribution in [3.05, 3.63) is 72.1 Å². The molecule has 168 valence electrons. The minimum absolute atomic E-state index is 0.0509. The van der Waals surface area contributed by atoms with E-state index in [1.807, 2.05) is 36.4 Å². The highest BCUT2D eigenvalue weighted by molar-refractivity contribution is 5.09. The predicted molar refractivity (Wildman–Crippen MR) is 114 cm³/mol. The first-order chi connectivity index (χ1) is 15.0. The minimum Gasteiger partial charge on any atom is -0.400 e. The van der Waals surface area contributed by atoms with Gasteiger partial charge in [0.2, 0.25) is 0 Å². The summed E-state index contributed by atoms with van der Waals surface area (Å²) in [6.45, 7) is 1.16. The van der Waals surface area contributed by atoms with Crippen LogP contribution >= 0.6 is 0 Å².